The molecule has 0 aromatic rings. The second-order valence-electron chi connectivity index (χ2n) is 9.49. The van der Waals surface area contributed by atoms with E-state index in [0.29, 0.717) is 26.2 Å². The maximum atomic E-state index is 13.0. The molecule has 2 heterocycles. The molecule has 8 heteroatoms. The topological polar surface area (TPSA) is 79.4 Å². The first-order valence-corrected chi connectivity index (χ1v) is 10.2. The molecule has 0 N–H and O–H groups in total. The van der Waals surface area contributed by atoms with E-state index in [-0.39, 0.29) is 30.1 Å². The van der Waals surface area contributed by atoms with E-state index >= 15 is 0 Å². The fourth-order valence-corrected chi connectivity index (χ4v) is 4.68. The number of ether oxygens (including phenoxy) is 2. The van der Waals surface area contributed by atoms with E-state index in [0.717, 1.165) is 25.7 Å². The number of hydrogen-bond donors (Lipinski definition) is 0. The lowest BCUT2D eigenvalue weighted by molar-refractivity contribution is -0.146. The molecule has 1 aliphatic carbocycles. The van der Waals surface area contributed by atoms with E-state index in [1.165, 1.54) is 7.11 Å². The highest BCUT2D eigenvalue weighted by Gasteiger charge is 2.52. The SMILES string of the molecule is COC(=O)C1CCC(N2C[C@@]3(C)CN(C(=O)OC(C)(C)C)CCN3C2=O)CC1. The smallest absolute Gasteiger partial charge is 0.410 e. The Hall–Kier alpha value is -1.99. The van der Waals surface area contributed by atoms with Gasteiger partial charge in [-0.25, -0.2) is 9.59 Å². The first-order valence-electron chi connectivity index (χ1n) is 10.2. The summed E-state index contributed by atoms with van der Waals surface area (Å²) in [6.45, 7) is 9.68. The molecule has 0 radical (unpaired) electrons. The van der Waals surface area contributed by atoms with Crippen LogP contribution in [0.5, 0.6) is 0 Å². The molecule has 3 fully saturated rings. The molecule has 0 unspecified atom stereocenters. The van der Waals surface area contributed by atoms with Gasteiger partial charge >= 0.3 is 18.1 Å². The van der Waals surface area contributed by atoms with Crippen molar-refractivity contribution in [2.45, 2.75) is 70.6 Å². The van der Waals surface area contributed by atoms with Crippen LogP contribution in [0.2, 0.25) is 0 Å². The lowest BCUT2D eigenvalue weighted by Gasteiger charge is -2.43. The number of urea groups is 1. The summed E-state index contributed by atoms with van der Waals surface area (Å²) in [5, 5.41) is 0. The minimum absolute atomic E-state index is 0.0489. The Morgan fingerprint density at radius 3 is 2.29 bits per heavy atom. The van der Waals surface area contributed by atoms with Crippen LogP contribution >= 0.6 is 0 Å². The molecular formula is C20H33N3O5. The van der Waals surface area contributed by atoms with Gasteiger partial charge in [0.1, 0.15) is 5.60 Å². The summed E-state index contributed by atoms with van der Waals surface area (Å²) < 4.78 is 10.4. The molecule has 0 bridgehead atoms. The molecule has 28 heavy (non-hydrogen) atoms. The summed E-state index contributed by atoms with van der Waals surface area (Å²) in [5.41, 5.74) is -0.948. The predicted molar refractivity (Wildman–Crippen MR) is 103 cm³/mol. The molecule has 3 rings (SSSR count). The van der Waals surface area contributed by atoms with E-state index in [1.807, 2.05) is 37.5 Å². The van der Waals surface area contributed by atoms with Gasteiger partial charge in [-0.05, 0) is 53.4 Å². The summed E-state index contributed by atoms with van der Waals surface area (Å²) in [7, 11) is 1.42. The summed E-state index contributed by atoms with van der Waals surface area (Å²) in [5.74, 6) is -0.205. The number of carbonyl (C=O) groups is 3. The van der Waals surface area contributed by atoms with Crippen LogP contribution in [0.4, 0.5) is 9.59 Å². The minimum atomic E-state index is -0.537. The van der Waals surface area contributed by atoms with Crippen molar-refractivity contribution in [1.29, 1.82) is 0 Å². The highest BCUT2D eigenvalue weighted by Crippen LogP contribution is 2.36. The Balaban J connectivity index is 1.63. The fourth-order valence-electron chi connectivity index (χ4n) is 4.68. The third-order valence-electron chi connectivity index (χ3n) is 6.09. The first-order chi connectivity index (χ1) is 13.0. The van der Waals surface area contributed by atoms with Gasteiger partial charge in [0.15, 0.2) is 0 Å². The number of piperazine rings is 1. The monoisotopic (exact) mass is 395 g/mol. The Morgan fingerprint density at radius 1 is 1.07 bits per heavy atom. The van der Waals surface area contributed by atoms with Crippen LogP contribution in [0.15, 0.2) is 0 Å². The molecular weight excluding hydrogens is 362 g/mol. The highest BCUT2D eigenvalue weighted by atomic mass is 16.6. The Kier molecular flexibility index (Phi) is 5.51. The van der Waals surface area contributed by atoms with Gasteiger partial charge < -0.3 is 24.2 Å². The first kappa shape index (κ1) is 20.7. The average molecular weight is 396 g/mol. The molecule has 2 saturated heterocycles. The fraction of sp³-hybridized carbons (Fsp3) is 0.850. The van der Waals surface area contributed by atoms with Gasteiger partial charge in [0.25, 0.3) is 0 Å². The van der Waals surface area contributed by atoms with Crippen LogP contribution < -0.4 is 0 Å². The number of esters is 1. The molecule has 3 aliphatic rings. The molecule has 158 valence electrons. The molecule has 1 atom stereocenters. The lowest BCUT2D eigenvalue weighted by Crippen LogP contribution is -2.61. The normalized spacial score (nSPS) is 30.9. The Morgan fingerprint density at radius 2 is 1.71 bits per heavy atom. The van der Waals surface area contributed by atoms with Gasteiger partial charge in [0.05, 0.1) is 18.6 Å². The van der Waals surface area contributed by atoms with E-state index < -0.39 is 11.1 Å². The molecule has 0 aromatic heterocycles. The number of methoxy groups -OCH3 is 1. The van der Waals surface area contributed by atoms with Crippen molar-refractivity contribution in [3.63, 3.8) is 0 Å². The average Bonchev–Trinajstić information content (AvgIpc) is 2.90. The van der Waals surface area contributed by atoms with Gasteiger partial charge in [-0.1, -0.05) is 0 Å². The van der Waals surface area contributed by atoms with Crippen molar-refractivity contribution in [1.82, 2.24) is 14.7 Å². The van der Waals surface area contributed by atoms with Crippen LogP contribution in [-0.2, 0) is 14.3 Å². The van der Waals surface area contributed by atoms with Crippen molar-refractivity contribution < 1.29 is 23.9 Å². The van der Waals surface area contributed by atoms with Gasteiger partial charge in [-0.2, -0.15) is 0 Å². The van der Waals surface area contributed by atoms with Crippen molar-refractivity contribution in [3.8, 4) is 0 Å². The number of fused-ring (bicyclic) bond motifs is 1. The highest BCUT2D eigenvalue weighted by molar-refractivity contribution is 5.80. The predicted octanol–water partition coefficient (Wildman–Crippen LogP) is 2.47. The standard InChI is InChI=1S/C20H33N3O5/c1-19(2,3)28-18(26)21-10-11-23-17(25)22(13-20(23,4)12-21)15-8-6-14(7-9-15)16(24)27-5/h14-15H,6-13H2,1-5H3/t14?,15?,20-/m1/s1. The summed E-state index contributed by atoms with van der Waals surface area (Å²) in [6.07, 6.45) is 2.80. The van der Waals surface area contributed by atoms with Crippen molar-refractivity contribution >= 4 is 18.1 Å². The number of hydrogen-bond acceptors (Lipinski definition) is 5. The van der Waals surface area contributed by atoms with Gasteiger partial charge in [-0.3, -0.25) is 4.79 Å². The third-order valence-corrected chi connectivity index (χ3v) is 6.09. The van der Waals surface area contributed by atoms with Gasteiger partial charge in [-0.15, -0.1) is 0 Å². The molecule has 1 saturated carbocycles. The second kappa shape index (κ2) is 7.44. The number of nitrogens with zero attached hydrogens (tertiary/aromatic N) is 3. The minimum Gasteiger partial charge on any atom is -0.469 e. The van der Waals surface area contributed by atoms with E-state index in [9.17, 15) is 14.4 Å². The van der Waals surface area contributed by atoms with Crippen LogP contribution in [0.25, 0.3) is 0 Å². The summed E-state index contributed by atoms with van der Waals surface area (Å²) in [4.78, 5) is 42.8. The second-order valence-corrected chi connectivity index (χ2v) is 9.49. The van der Waals surface area contributed by atoms with E-state index in [1.54, 1.807) is 4.90 Å². The zero-order valence-electron chi connectivity index (χ0n) is 17.7. The molecule has 0 spiro atoms. The van der Waals surface area contributed by atoms with Gasteiger partial charge in [0, 0.05) is 32.2 Å². The zero-order valence-corrected chi connectivity index (χ0v) is 17.7. The van der Waals surface area contributed by atoms with E-state index in [4.69, 9.17) is 9.47 Å². The van der Waals surface area contributed by atoms with Crippen molar-refractivity contribution in [2.75, 3.05) is 33.3 Å². The summed E-state index contributed by atoms with van der Waals surface area (Å²) in [6, 6.07) is 0.193. The van der Waals surface area contributed by atoms with Crippen LogP contribution in [0, 0.1) is 5.92 Å². The zero-order chi connectivity index (χ0) is 20.7. The number of rotatable bonds is 2. The molecule has 8 nitrogen and oxygen atoms in total. The van der Waals surface area contributed by atoms with Gasteiger partial charge in [0.2, 0.25) is 0 Å². The Bertz CT molecular complexity index is 638. The van der Waals surface area contributed by atoms with E-state index in [2.05, 4.69) is 0 Å². The number of carbonyl (C=O) groups excluding carboxylic acids is 3. The van der Waals surface area contributed by atoms with Crippen molar-refractivity contribution in [2.24, 2.45) is 5.92 Å². The quantitative estimate of drug-likeness (QED) is 0.671. The lowest BCUT2D eigenvalue weighted by atomic mass is 9.85. The molecule has 2 aliphatic heterocycles. The van der Waals surface area contributed by atoms with Crippen LogP contribution in [-0.4, -0.2) is 83.3 Å². The van der Waals surface area contributed by atoms with Crippen molar-refractivity contribution in [3.05, 3.63) is 0 Å². The van der Waals surface area contributed by atoms with Crippen LogP contribution in [0.3, 0.4) is 0 Å². The maximum Gasteiger partial charge on any atom is 0.410 e. The molecule has 0 aromatic carbocycles. The third kappa shape index (κ3) is 4.05. The molecule has 3 amide bonds. The van der Waals surface area contributed by atoms with Crippen LogP contribution in [0.1, 0.15) is 53.4 Å². The summed E-state index contributed by atoms with van der Waals surface area (Å²) >= 11 is 0. The maximum absolute atomic E-state index is 13.0. The number of amides is 3. The largest absolute Gasteiger partial charge is 0.469 e. The Labute approximate surface area is 167 Å².